The lowest BCUT2D eigenvalue weighted by molar-refractivity contribution is -0.141. The van der Waals surface area contributed by atoms with E-state index in [2.05, 4.69) is 0 Å². The van der Waals surface area contributed by atoms with E-state index in [1.54, 1.807) is 0 Å². The van der Waals surface area contributed by atoms with Crippen LogP contribution in [0.4, 0.5) is 0 Å². The summed E-state index contributed by atoms with van der Waals surface area (Å²) in [6.45, 7) is 0. The predicted molar refractivity (Wildman–Crippen MR) is 58.6 cm³/mol. The summed E-state index contributed by atoms with van der Waals surface area (Å²) in [6.07, 6.45) is 2.01. The number of carboxylic acid groups (broad SMARTS) is 1. The van der Waals surface area contributed by atoms with E-state index in [0.717, 1.165) is 5.75 Å². The number of hydrogen-bond acceptors (Lipinski definition) is 4. The lowest BCUT2D eigenvalue weighted by atomic mass is 10.1. The molecule has 1 aliphatic heterocycles. The van der Waals surface area contributed by atoms with Crippen molar-refractivity contribution in [3.05, 3.63) is 0 Å². The average Bonchev–Trinajstić information content (AvgIpc) is 2.57. The average molecular weight is 250 g/mol. The maximum atomic E-state index is 12.0. The number of aliphatic carboxylic acids is 1. The molecule has 0 radical (unpaired) electrons. The molecule has 86 valence electrons. The summed E-state index contributed by atoms with van der Waals surface area (Å²) in [5.74, 6) is -0.253. The second-order valence-corrected chi connectivity index (χ2v) is 8.37. The van der Waals surface area contributed by atoms with Crippen molar-refractivity contribution in [3.8, 4) is 0 Å². The molecule has 0 aromatic rings. The summed E-state index contributed by atoms with van der Waals surface area (Å²) in [5, 5.41) is 8.89. The first-order valence-electron chi connectivity index (χ1n) is 5.06. The van der Waals surface area contributed by atoms with Crippen molar-refractivity contribution < 1.29 is 18.3 Å². The Kier molecular flexibility index (Phi) is 2.75. The van der Waals surface area contributed by atoms with Gasteiger partial charge in [-0.05, 0) is 31.4 Å². The summed E-state index contributed by atoms with van der Waals surface area (Å²) in [7, 11) is -3.09. The number of carboxylic acids is 1. The van der Waals surface area contributed by atoms with Gasteiger partial charge in [-0.1, -0.05) is 0 Å². The van der Waals surface area contributed by atoms with Crippen molar-refractivity contribution >= 4 is 27.6 Å². The number of rotatable bonds is 1. The summed E-state index contributed by atoms with van der Waals surface area (Å²) in [6, 6.07) is 0. The predicted octanol–water partition coefficient (Wildman–Crippen LogP) is 1.12. The highest BCUT2D eigenvalue weighted by atomic mass is 32.3. The fourth-order valence-corrected chi connectivity index (χ4v) is 6.80. The third-order valence-electron chi connectivity index (χ3n) is 3.27. The van der Waals surface area contributed by atoms with Crippen molar-refractivity contribution in [3.63, 3.8) is 0 Å². The first kappa shape index (κ1) is 11.3. The van der Waals surface area contributed by atoms with E-state index in [1.165, 1.54) is 11.8 Å². The molecule has 1 heterocycles. The van der Waals surface area contributed by atoms with E-state index in [9.17, 15) is 13.2 Å². The molecule has 1 spiro atoms. The molecule has 0 amide bonds. The van der Waals surface area contributed by atoms with Gasteiger partial charge in [-0.25, -0.2) is 8.42 Å². The van der Waals surface area contributed by atoms with E-state index in [1.807, 2.05) is 0 Å². The molecule has 6 heteroatoms. The first-order chi connectivity index (χ1) is 6.97. The molecule has 2 aliphatic rings. The van der Waals surface area contributed by atoms with Gasteiger partial charge in [0.15, 0.2) is 9.84 Å². The molecule has 1 aliphatic carbocycles. The fraction of sp³-hybridized carbons (Fsp3) is 0.889. The van der Waals surface area contributed by atoms with Gasteiger partial charge in [0.05, 0.1) is 11.7 Å². The van der Waals surface area contributed by atoms with Gasteiger partial charge in [0, 0.05) is 0 Å². The fourth-order valence-electron chi connectivity index (χ4n) is 2.38. The van der Waals surface area contributed by atoms with E-state index in [4.69, 9.17) is 5.11 Å². The molecule has 2 fully saturated rings. The molecule has 1 N–H and O–H groups in total. The van der Waals surface area contributed by atoms with Gasteiger partial charge < -0.3 is 5.11 Å². The highest BCUT2D eigenvalue weighted by Crippen LogP contribution is 2.51. The largest absolute Gasteiger partial charge is 0.481 e. The normalized spacial score (nSPS) is 39.3. The van der Waals surface area contributed by atoms with Gasteiger partial charge in [-0.3, -0.25) is 4.79 Å². The minimum Gasteiger partial charge on any atom is -0.481 e. The first-order valence-corrected chi connectivity index (χ1v) is 7.70. The van der Waals surface area contributed by atoms with Crippen LogP contribution in [0.3, 0.4) is 0 Å². The van der Waals surface area contributed by atoms with E-state index in [-0.39, 0.29) is 5.75 Å². The molecule has 2 atom stereocenters. The smallest absolute Gasteiger partial charge is 0.306 e. The highest BCUT2D eigenvalue weighted by molar-refractivity contribution is 8.15. The van der Waals surface area contributed by atoms with Crippen LogP contribution in [0.5, 0.6) is 0 Å². The Labute approximate surface area is 93.4 Å². The molecular weight excluding hydrogens is 236 g/mol. The number of thioether (sulfide) groups is 1. The standard InChI is InChI=1S/C9H14O4S2/c10-8(11)7-2-3-9(6-7)14-4-1-5-15(9,12)13/h7H,1-6H2,(H,10,11). The third-order valence-corrected chi connectivity index (χ3v) is 8.11. The molecule has 4 nitrogen and oxygen atoms in total. The zero-order valence-corrected chi connectivity index (χ0v) is 9.94. The Morgan fingerprint density at radius 3 is 2.73 bits per heavy atom. The zero-order valence-electron chi connectivity index (χ0n) is 8.31. The number of sulfone groups is 1. The molecule has 0 aromatic carbocycles. The van der Waals surface area contributed by atoms with Crippen molar-refractivity contribution in [2.24, 2.45) is 5.92 Å². The topological polar surface area (TPSA) is 71.4 Å². The Morgan fingerprint density at radius 2 is 2.20 bits per heavy atom. The van der Waals surface area contributed by atoms with Crippen LogP contribution in [0.25, 0.3) is 0 Å². The molecule has 0 bridgehead atoms. The van der Waals surface area contributed by atoms with Crippen molar-refractivity contribution in [1.29, 1.82) is 0 Å². The lowest BCUT2D eigenvalue weighted by Crippen LogP contribution is -2.38. The Bertz CT molecular complexity index is 376. The van der Waals surface area contributed by atoms with Crippen LogP contribution >= 0.6 is 11.8 Å². The maximum Gasteiger partial charge on any atom is 0.306 e. The zero-order chi connectivity index (χ0) is 11.1. The molecular formula is C9H14O4S2. The van der Waals surface area contributed by atoms with Gasteiger partial charge in [0.2, 0.25) is 0 Å². The maximum absolute atomic E-state index is 12.0. The Balaban J connectivity index is 2.24. The van der Waals surface area contributed by atoms with Gasteiger partial charge in [0.1, 0.15) is 4.08 Å². The molecule has 1 saturated carbocycles. The van der Waals surface area contributed by atoms with Gasteiger partial charge >= 0.3 is 5.97 Å². The van der Waals surface area contributed by atoms with Crippen molar-refractivity contribution in [2.75, 3.05) is 11.5 Å². The Hall–Kier alpha value is -0.230. The van der Waals surface area contributed by atoms with Crippen LogP contribution in [0.15, 0.2) is 0 Å². The lowest BCUT2D eigenvalue weighted by Gasteiger charge is -2.32. The van der Waals surface area contributed by atoms with Gasteiger partial charge in [-0.2, -0.15) is 0 Å². The minimum atomic E-state index is -3.09. The number of carbonyl (C=O) groups is 1. The summed E-state index contributed by atoms with van der Waals surface area (Å²) in [4.78, 5) is 10.8. The summed E-state index contributed by atoms with van der Waals surface area (Å²) < 4.78 is 23.2. The molecule has 2 unspecified atom stereocenters. The van der Waals surface area contributed by atoms with Gasteiger partial charge in [0.25, 0.3) is 0 Å². The van der Waals surface area contributed by atoms with Crippen LogP contribution in [0.1, 0.15) is 25.7 Å². The second kappa shape index (κ2) is 3.66. The summed E-state index contributed by atoms with van der Waals surface area (Å²) >= 11 is 1.45. The van der Waals surface area contributed by atoms with E-state index in [0.29, 0.717) is 25.7 Å². The highest BCUT2D eigenvalue weighted by Gasteiger charge is 2.52. The minimum absolute atomic E-state index is 0.229. The van der Waals surface area contributed by atoms with Crippen LogP contribution in [0, 0.1) is 5.92 Å². The third kappa shape index (κ3) is 1.78. The van der Waals surface area contributed by atoms with Crippen LogP contribution in [-0.4, -0.2) is 35.1 Å². The summed E-state index contributed by atoms with van der Waals surface area (Å²) in [5.41, 5.74) is 0. The van der Waals surface area contributed by atoms with Crippen molar-refractivity contribution in [2.45, 2.75) is 29.8 Å². The molecule has 1 saturated heterocycles. The van der Waals surface area contributed by atoms with Gasteiger partial charge in [-0.15, -0.1) is 11.8 Å². The molecule has 15 heavy (non-hydrogen) atoms. The second-order valence-electron chi connectivity index (χ2n) is 4.21. The number of hydrogen-bond donors (Lipinski definition) is 1. The van der Waals surface area contributed by atoms with E-state index >= 15 is 0 Å². The monoisotopic (exact) mass is 250 g/mol. The van der Waals surface area contributed by atoms with E-state index < -0.39 is 25.8 Å². The van der Waals surface area contributed by atoms with Crippen LogP contribution in [-0.2, 0) is 14.6 Å². The van der Waals surface area contributed by atoms with Crippen LogP contribution < -0.4 is 0 Å². The molecule has 2 rings (SSSR count). The SMILES string of the molecule is O=C(O)C1CCC2(C1)SCCCS2(=O)=O. The molecule has 0 aromatic heterocycles. The van der Waals surface area contributed by atoms with Crippen molar-refractivity contribution in [1.82, 2.24) is 0 Å². The Morgan fingerprint density at radius 1 is 1.47 bits per heavy atom. The van der Waals surface area contributed by atoms with Crippen LogP contribution in [0.2, 0.25) is 0 Å². The quantitative estimate of drug-likeness (QED) is 0.755.